The summed E-state index contributed by atoms with van der Waals surface area (Å²) in [5, 5.41) is 5.03. The molecular weight excluding hydrogens is 400 g/mol. The Hall–Kier alpha value is -3.32. The van der Waals surface area contributed by atoms with Crippen LogP contribution in [0.25, 0.3) is 0 Å². The summed E-state index contributed by atoms with van der Waals surface area (Å²) in [6, 6.07) is 16.6. The summed E-state index contributed by atoms with van der Waals surface area (Å²) in [4.78, 5) is 29.0. The standard InChI is InChI=1S/C23H20N2O4S/c1-25-21(19-7-4-10-30-19)20(15-5-2-3-6-16(15)23(25)27)22(26)24-12-14-8-9-17-18(11-14)29-13-28-17/h2-11,20-21H,12-13H2,1H3,(H,24,26)/t20-,21+/m1/s1. The Balaban J connectivity index is 1.45. The summed E-state index contributed by atoms with van der Waals surface area (Å²) in [6.45, 7) is 0.579. The lowest BCUT2D eigenvalue weighted by molar-refractivity contribution is -0.124. The van der Waals surface area contributed by atoms with E-state index in [1.54, 1.807) is 29.4 Å². The highest BCUT2D eigenvalue weighted by atomic mass is 32.1. The molecule has 0 saturated carbocycles. The average molecular weight is 420 g/mol. The first-order chi connectivity index (χ1) is 14.6. The van der Waals surface area contributed by atoms with Crippen molar-refractivity contribution in [3.05, 3.63) is 81.5 Å². The monoisotopic (exact) mass is 420 g/mol. The number of hydrogen-bond acceptors (Lipinski definition) is 5. The van der Waals surface area contributed by atoms with Crippen molar-refractivity contribution in [3.63, 3.8) is 0 Å². The van der Waals surface area contributed by atoms with Gasteiger partial charge in [-0.15, -0.1) is 11.3 Å². The first-order valence-corrected chi connectivity index (χ1v) is 10.6. The minimum Gasteiger partial charge on any atom is -0.454 e. The van der Waals surface area contributed by atoms with E-state index in [1.807, 2.05) is 53.9 Å². The van der Waals surface area contributed by atoms with Crippen LogP contribution in [0.5, 0.6) is 11.5 Å². The lowest BCUT2D eigenvalue weighted by Gasteiger charge is -2.39. The van der Waals surface area contributed by atoms with Crippen molar-refractivity contribution in [2.45, 2.75) is 18.5 Å². The van der Waals surface area contributed by atoms with Gasteiger partial charge in [0, 0.05) is 24.0 Å². The molecule has 0 radical (unpaired) electrons. The van der Waals surface area contributed by atoms with Crippen molar-refractivity contribution in [2.75, 3.05) is 13.8 Å². The highest BCUT2D eigenvalue weighted by Gasteiger charge is 2.42. The van der Waals surface area contributed by atoms with Crippen molar-refractivity contribution in [1.29, 1.82) is 0 Å². The van der Waals surface area contributed by atoms with Crippen LogP contribution >= 0.6 is 11.3 Å². The smallest absolute Gasteiger partial charge is 0.254 e. The number of likely N-dealkylation sites (N-methyl/N-ethyl adjacent to an activating group) is 1. The zero-order valence-corrected chi connectivity index (χ0v) is 17.1. The molecular formula is C23H20N2O4S. The molecule has 30 heavy (non-hydrogen) atoms. The number of ether oxygens (including phenoxy) is 2. The van der Waals surface area contributed by atoms with Gasteiger partial charge >= 0.3 is 0 Å². The van der Waals surface area contributed by atoms with E-state index in [0.717, 1.165) is 16.0 Å². The fourth-order valence-electron chi connectivity index (χ4n) is 4.12. The molecule has 2 aliphatic heterocycles. The molecule has 0 aliphatic carbocycles. The highest BCUT2D eigenvalue weighted by Crippen LogP contribution is 2.43. The van der Waals surface area contributed by atoms with Gasteiger partial charge in [-0.2, -0.15) is 0 Å². The first kappa shape index (κ1) is 18.7. The molecule has 0 bridgehead atoms. The Labute approximate surface area is 178 Å². The SMILES string of the molecule is CN1C(=O)c2ccccc2[C@@H](C(=O)NCc2ccc3c(c2)OCO3)[C@@H]1c1cccs1. The average Bonchev–Trinajstić information content (AvgIpc) is 3.46. The third-order valence-corrected chi connectivity index (χ3v) is 6.54. The molecule has 2 atom stereocenters. The molecule has 1 aromatic heterocycles. The van der Waals surface area contributed by atoms with Gasteiger partial charge in [0.15, 0.2) is 11.5 Å². The fourth-order valence-corrected chi connectivity index (χ4v) is 5.03. The van der Waals surface area contributed by atoms with Crippen molar-refractivity contribution in [1.82, 2.24) is 10.2 Å². The van der Waals surface area contributed by atoms with E-state index in [-0.39, 0.29) is 24.6 Å². The number of nitrogens with one attached hydrogen (secondary N) is 1. The molecule has 2 aromatic carbocycles. The summed E-state index contributed by atoms with van der Waals surface area (Å²) in [5.74, 6) is 0.731. The molecule has 7 heteroatoms. The van der Waals surface area contributed by atoms with Crippen LogP contribution in [0.3, 0.4) is 0 Å². The number of amides is 2. The normalized spacial score (nSPS) is 19.5. The molecule has 0 unspecified atom stereocenters. The van der Waals surface area contributed by atoms with Gasteiger partial charge in [0.25, 0.3) is 5.91 Å². The maximum Gasteiger partial charge on any atom is 0.254 e. The van der Waals surface area contributed by atoms with Crippen LogP contribution in [0.15, 0.2) is 60.0 Å². The van der Waals surface area contributed by atoms with E-state index in [4.69, 9.17) is 9.47 Å². The molecule has 152 valence electrons. The van der Waals surface area contributed by atoms with Crippen LogP contribution in [-0.4, -0.2) is 30.6 Å². The zero-order chi connectivity index (χ0) is 20.7. The topological polar surface area (TPSA) is 67.9 Å². The molecule has 0 fully saturated rings. The minimum atomic E-state index is -0.489. The Kier molecular flexibility index (Phi) is 4.67. The van der Waals surface area contributed by atoms with Gasteiger partial charge in [-0.25, -0.2) is 0 Å². The van der Waals surface area contributed by atoms with Crippen molar-refractivity contribution in [3.8, 4) is 11.5 Å². The number of nitrogens with zero attached hydrogens (tertiary/aromatic N) is 1. The van der Waals surface area contributed by atoms with Crippen LogP contribution in [0.2, 0.25) is 0 Å². The predicted molar refractivity (Wildman–Crippen MR) is 113 cm³/mol. The van der Waals surface area contributed by atoms with Gasteiger partial charge in [0.2, 0.25) is 12.7 Å². The van der Waals surface area contributed by atoms with E-state index < -0.39 is 5.92 Å². The number of rotatable bonds is 4. The lowest BCUT2D eigenvalue weighted by Crippen LogP contribution is -2.45. The predicted octanol–water partition coefficient (Wildman–Crippen LogP) is 3.70. The van der Waals surface area contributed by atoms with Gasteiger partial charge in [-0.05, 0) is 40.8 Å². The maximum atomic E-state index is 13.4. The maximum absolute atomic E-state index is 13.4. The highest BCUT2D eigenvalue weighted by molar-refractivity contribution is 7.10. The van der Waals surface area contributed by atoms with Crippen molar-refractivity contribution < 1.29 is 19.1 Å². The summed E-state index contributed by atoms with van der Waals surface area (Å²) in [6.07, 6.45) is 0. The Morgan fingerprint density at radius 3 is 2.80 bits per heavy atom. The Bertz CT molecular complexity index is 1110. The molecule has 5 rings (SSSR count). The van der Waals surface area contributed by atoms with Crippen LogP contribution < -0.4 is 14.8 Å². The second kappa shape index (κ2) is 7.50. The largest absolute Gasteiger partial charge is 0.454 e. The van der Waals surface area contributed by atoms with Gasteiger partial charge < -0.3 is 19.7 Å². The number of carbonyl (C=O) groups excluding carboxylic acids is 2. The molecule has 2 aliphatic rings. The lowest BCUT2D eigenvalue weighted by atomic mass is 9.81. The molecule has 2 amide bonds. The van der Waals surface area contributed by atoms with E-state index in [9.17, 15) is 9.59 Å². The van der Waals surface area contributed by atoms with E-state index in [2.05, 4.69) is 5.32 Å². The second-order valence-electron chi connectivity index (χ2n) is 7.35. The van der Waals surface area contributed by atoms with Gasteiger partial charge in [0.1, 0.15) is 0 Å². The molecule has 3 heterocycles. The van der Waals surface area contributed by atoms with E-state index in [0.29, 0.717) is 23.6 Å². The number of thiophene rings is 1. The molecule has 3 aromatic rings. The van der Waals surface area contributed by atoms with Crippen molar-refractivity contribution in [2.24, 2.45) is 0 Å². The summed E-state index contributed by atoms with van der Waals surface area (Å²) in [7, 11) is 1.76. The van der Waals surface area contributed by atoms with Crippen LogP contribution in [0.1, 0.15) is 38.3 Å². The molecule has 0 spiro atoms. The van der Waals surface area contributed by atoms with Gasteiger partial charge in [-0.1, -0.05) is 30.3 Å². The number of benzene rings is 2. The van der Waals surface area contributed by atoms with Gasteiger partial charge in [0.05, 0.1) is 12.0 Å². The molecule has 1 N–H and O–H groups in total. The number of hydrogen-bond donors (Lipinski definition) is 1. The van der Waals surface area contributed by atoms with Gasteiger partial charge in [-0.3, -0.25) is 9.59 Å². The third kappa shape index (κ3) is 3.11. The fraction of sp³-hybridized carbons (Fsp3) is 0.217. The Morgan fingerprint density at radius 1 is 1.13 bits per heavy atom. The quantitative estimate of drug-likeness (QED) is 0.699. The minimum absolute atomic E-state index is 0.0659. The Morgan fingerprint density at radius 2 is 1.97 bits per heavy atom. The van der Waals surface area contributed by atoms with Crippen molar-refractivity contribution >= 4 is 23.2 Å². The summed E-state index contributed by atoms with van der Waals surface area (Å²) >= 11 is 1.55. The van der Waals surface area contributed by atoms with E-state index >= 15 is 0 Å². The first-order valence-electron chi connectivity index (χ1n) is 9.69. The second-order valence-corrected chi connectivity index (χ2v) is 8.33. The number of fused-ring (bicyclic) bond motifs is 2. The molecule has 0 saturated heterocycles. The van der Waals surface area contributed by atoms with Crippen LogP contribution in [0, 0.1) is 0 Å². The number of carbonyl (C=O) groups is 2. The van der Waals surface area contributed by atoms with E-state index in [1.165, 1.54) is 0 Å². The van der Waals surface area contributed by atoms with Crippen LogP contribution in [-0.2, 0) is 11.3 Å². The third-order valence-electron chi connectivity index (χ3n) is 5.60. The molecule has 6 nitrogen and oxygen atoms in total. The summed E-state index contributed by atoms with van der Waals surface area (Å²) in [5.41, 5.74) is 2.27. The zero-order valence-electron chi connectivity index (χ0n) is 16.3. The van der Waals surface area contributed by atoms with Crippen LogP contribution in [0.4, 0.5) is 0 Å². The summed E-state index contributed by atoms with van der Waals surface area (Å²) < 4.78 is 10.8.